The van der Waals surface area contributed by atoms with E-state index in [1.54, 1.807) is 17.5 Å². The van der Waals surface area contributed by atoms with E-state index in [0.717, 1.165) is 42.3 Å². The largest absolute Gasteiger partial charge is 0.347 e. The average molecular weight is 330 g/mol. The second-order valence-electron chi connectivity index (χ2n) is 6.08. The summed E-state index contributed by atoms with van der Waals surface area (Å²) in [5.41, 5.74) is 2.07. The minimum Gasteiger partial charge on any atom is -0.347 e. The van der Waals surface area contributed by atoms with Crippen molar-refractivity contribution in [3.8, 4) is 0 Å². The summed E-state index contributed by atoms with van der Waals surface area (Å²) in [6.45, 7) is 7.78. The lowest BCUT2D eigenvalue weighted by Gasteiger charge is -2.31. The molecule has 2 aromatic heterocycles. The van der Waals surface area contributed by atoms with Crippen LogP contribution in [0.15, 0.2) is 18.3 Å². The molecular weight excluding hydrogens is 308 g/mol. The molecule has 1 atom stereocenters. The van der Waals surface area contributed by atoms with E-state index in [0.29, 0.717) is 5.82 Å². The van der Waals surface area contributed by atoms with Crippen molar-refractivity contribution >= 4 is 28.2 Å². The molecule has 1 saturated heterocycles. The highest BCUT2D eigenvalue weighted by molar-refractivity contribution is 7.15. The van der Waals surface area contributed by atoms with Crippen LogP contribution in [0.3, 0.4) is 0 Å². The number of hydrogen-bond donors (Lipinski definition) is 1. The highest BCUT2D eigenvalue weighted by Gasteiger charge is 2.28. The van der Waals surface area contributed by atoms with Crippen molar-refractivity contribution in [2.75, 3.05) is 23.3 Å². The van der Waals surface area contributed by atoms with E-state index in [-0.39, 0.29) is 11.8 Å². The molecule has 1 N–H and O–H groups in total. The molecule has 2 aromatic rings. The molecule has 0 unspecified atom stereocenters. The minimum absolute atomic E-state index is 0.0188. The van der Waals surface area contributed by atoms with Gasteiger partial charge in [0.25, 0.3) is 0 Å². The monoisotopic (exact) mass is 330 g/mol. The molecule has 0 spiro atoms. The molecule has 1 fully saturated rings. The Hall–Kier alpha value is -1.95. The number of pyridine rings is 1. The van der Waals surface area contributed by atoms with E-state index in [4.69, 9.17) is 0 Å². The van der Waals surface area contributed by atoms with Crippen LogP contribution in [-0.4, -0.2) is 29.0 Å². The summed E-state index contributed by atoms with van der Waals surface area (Å²) in [5, 5.41) is 4.01. The molecule has 0 bridgehead atoms. The first-order valence-electron chi connectivity index (χ1n) is 7.96. The number of nitrogens with zero attached hydrogens (tertiary/aromatic N) is 3. The average Bonchev–Trinajstić information content (AvgIpc) is 2.89. The Labute approximate surface area is 140 Å². The number of thiazole rings is 1. The number of nitrogens with one attached hydrogen (secondary N) is 1. The zero-order valence-corrected chi connectivity index (χ0v) is 14.6. The molecule has 5 nitrogen and oxygen atoms in total. The number of aromatic nitrogens is 2. The van der Waals surface area contributed by atoms with Gasteiger partial charge >= 0.3 is 0 Å². The molecule has 23 heavy (non-hydrogen) atoms. The number of hydrogen-bond acceptors (Lipinski definition) is 5. The second-order valence-corrected chi connectivity index (χ2v) is 7.26. The molecule has 3 heterocycles. The van der Waals surface area contributed by atoms with Crippen molar-refractivity contribution in [1.82, 2.24) is 9.97 Å². The second kappa shape index (κ2) is 6.66. The Balaban J connectivity index is 1.68. The van der Waals surface area contributed by atoms with Crippen molar-refractivity contribution in [1.29, 1.82) is 0 Å². The van der Waals surface area contributed by atoms with Crippen molar-refractivity contribution in [2.45, 2.75) is 33.6 Å². The van der Waals surface area contributed by atoms with E-state index >= 15 is 0 Å². The van der Waals surface area contributed by atoms with Gasteiger partial charge in [-0.3, -0.25) is 4.79 Å². The Kier molecular flexibility index (Phi) is 4.61. The van der Waals surface area contributed by atoms with Crippen LogP contribution in [-0.2, 0) is 4.79 Å². The summed E-state index contributed by atoms with van der Waals surface area (Å²) in [6.07, 6.45) is 3.63. The normalized spacial score (nSPS) is 18.0. The van der Waals surface area contributed by atoms with Crippen LogP contribution < -0.4 is 10.2 Å². The van der Waals surface area contributed by atoms with Crippen LogP contribution in [0.2, 0.25) is 0 Å². The van der Waals surface area contributed by atoms with Gasteiger partial charge < -0.3 is 10.2 Å². The first-order valence-corrected chi connectivity index (χ1v) is 8.77. The van der Waals surface area contributed by atoms with E-state index in [2.05, 4.69) is 27.1 Å². The number of carbonyl (C=O) groups is 1. The van der Waals surface area contributed by atoms with Gasteiger partial charge in [-0.1, -0.05) is 6.07 Å². The maximum atomic E-state index is 12.6. The van der Waals surface area contributed by atoms with E-state index < -0.39 is 0 Å². The summed E-state index contributed by atoms with van der Waals surface area (Å²) < 4.78 is 0. The van der Waals surface area contributed by atoms with Crippen molar-refractivity contribution in [2.24, 2.45) is 5.92 Å². The van der Waals surface area contributed by atoms with Gasteiger partial charge in [0.1, 0.15) is 5.82 Å². The Morgan fingerprint density at radius 2 is 2.22 bits per heavy atom. The molecule has 1 amide bonds. The van der Waals surface area contributed by atoms with Crippen LogP contribution in [0.5, 0.6) is 0 Å². The number of amides is 1. The third kappa shape index (κ3) is 3.52. The van der Waals surface area contributed by atoms with Gasteiger partial charge in [-0.15, -0.1) is 11.3 Å². The summed E-state index contributed by atoms with van der Waals surface area (Å²) in [7, 11) is 0. The van der Waals surface area contributed by atoms with Gasteiger partial charge in [0.05, 0.1) is 11.6 Å². The first-order chi connectivity index (χ1) is 11.0. The topological polar surface area (TPSA) is 58.1 Å². The van der Waals surface area contributed by atoms with Crippen LogP contribution in [0.4, 0.5) is 10.9 Å². The third-order valence-electron chi connectivity index (χ3n) is 4.33. The Morgan fingerprint density at radius 3 is 2.91 bits per heavy atom. The number of anilines is 2. The SMILES string of the molecule is Cc1cccnc1NC(=O)[C@@H]1CCCN(c2nc(C)c(C)s2)C1. The fourth-order valence-electron chi connectivity index (χ4n) is 2.79. The van der Waals surface area contributed by atoms with Crippen molar-refractivity contribution in [3.63, 3.8) is 0 Å². The van der Waals surface area contributed by atoms with Crippen LogP contribution in [0, 0.1) is 26.7 Å². The lowest BCUT2D eigenvalue weighted by Crippen LogP contribution is -2.40. The molecule has 3 rings (SSSR count). The quantitative estimate of drug-likeness (QED) is 0.938. The van der Waals surface area contributed by atoms with Crippen molar-refractivity contribution in [3.05, 3.63) is 34.5 Å². The van der Waals surface area contributed by atoms with Gasteiger partial charge in [0.2, 0.25) is 5.91 Å². The number of rotatable bonds is 3. The fraction of sp³-hybridized carbons (Fsp3) is 0.471. The van der Waals surface area contributed by atoms with Gasteiger partial charge in [-0.05, 0) is 45.2 Å². The number of aryl methyl sites for hydroxylation is 3. The Bertz CT molecular complexity index is 693. The molecule has 0 aliphatic carbocycles. The van der Waals surface area contributed by atoms with E-state index in [1.165, 1.54) is 4.88 Å². The fourth-order valence-corrected chi connectivity index (χ4v) is 3.74. The minimum atomic E-state index is -0.0188. The number of carbonyl (C=O) groups excluding carboxylic acids is 1. The molecule has 122 valence electrons. The zero-order valence-electron chi connectivity index (χ0n) is 13.8. The summed E-state index contributed by atoms with van der Waals surface area (Å²) in [4.78, 5) is 24.9. The van der Waals surface area contributed by atoms with Gasteiger partial charge in [0.15, 0.2) is 5.13 Å². The molecule has 0 radical (unpaired) electrons. The lowest BCUT2D eigenvalue weighted by atomic mass is 9.97. The predicted octanol–water partition coefficient (Wildman–Crippen LogP) is 3.32. The maximum absolute atomic E-state index is 12.6. The smallest absolute Gasteiger partial charge is 0.230 e. The van der Waals surface area contributed by atoms with Gasteiger partial charge in [-0.25, -0.2) is 9.97 Å². The van der Waals surface area contributed by atoms with Gasteiger partial charge in [-0.2, -0.15) is 0 Å². The number of piperidine rings is 1. The van der Waals surface area contributed by atoms with E-state index in [1.807, 2.05) is 26.0 Å². The third-order valence-corrected chi connectivity index (χ3v) is 5.46. The predicted molar refractivity (Wildman–Crippen MR) is 94.1 cm³/mol. The summed E-state index contributed by atoms with van der Waals surface area (Å²) in [6, 6.07) is 3.83. The Morgan fingerprint density at radius 1 is 1.39 bits per heavy atom. The molecular formula is C17H22N4OS. The standard InChI is InChI=1S/C17H22N4OS/c1-11-6-4-8-18-15(11)20-16(22)14-7-5-9-21(10-14)17-19-12(2)13(3)23-17/h4,6,8,14H,5,7,9-10H2,1-3H3,(H,18,20,22)/t14-/m1/s1. The molecule has 1 aliphatic rings. The van der Waals surface area contributed by atoms with Crippen LogP contribution >= 0.6 is 11.3 Å². The molecule has 1 aliphatic heterocycles. The molecule has 0 aromatic carbocycles. The highest BCUT2D eigenvalue weighted by atomic mass is 32.1. The molecule has 0 saturated carbocycles. The maximum Gasteiger partial charge on any atom is 0.230 e. The lowest BCUT2D eigenvalue weighted by molar-refractivity contribution is -0.120. The molecule has 6 heteroatoms. The first kappa shape index (κ1) is 15.9. The van der Waals surface area contributed by atoms with Crippen molar-refractivity contribution < 1.29 is 4.79 Å². The van der Waals surface area contributed by atoms with Crippen LogP contribution in [0.25, 0.3) is 0 Å². The van der Waals surface area contributed by atoms with E-state index in [9.17, 15) is 4.79 Å². The highest BCUT2D eigenvalue weighted by Crippen LogP contribution is 2.29. The summed E-state index contributed by atoms with van der Waals surface area (Å²) in [5.74, 6) is 0.701. The zero-order chi connectivity index (χ0) is 16.4. The van der Waals surface area contributed by atoms with Gasteiger partial charge in [0, 0.05) is 24.2 Å². The summed E-state index contributed by atoms with van der Waals surface area (Å²) >= 11 is 1.71. The van der Waals surface area contributed by atoms with Crippen LogP contribution in [0.1, 0.15) is 29.0 Å².